The molecule has 0 aromatic carbocycles. The fraction of sp³-hybridized carbons (Fsp3) is 0.625. The number of carbonyl (C=O) groups excluding carboxylic acids is 1. The van der Waals surface area contributed by atoms with Gasteiger partial charge in [0.2, 0.25) is 0 Å². The molecule has 0 unspecified atom stereocenters. The third-order valence-electron chi connectivity index (χ3n) is 4.42. The molecule has 21 heavy (non-hydrogen) atoms. The normalized spacial score (nSPS) is 24.4. The van der Waals surface area contributed by atoms with Gasteiger partial charge in [-0.05, 0) is 31.9 Å². The van der Waals surface area contributed by atoms with Crippen LogP contribution in [0.25, 0.3) is 0 Å². The molecule has 1 amide bonds. The Bertz CT molecular complexity index is 484. The molecule has 2 fully saturated rings. The number of pyridine rings is 1. The second kappa shape index (κ2) is 6.12. The Hall–Kier alpha value is -1.46. The average Bonchev–Trinajstić information content (AvgIpc) is 2.91. The van der Waals surface area contributed by atoms with Crippen LogP contribution in [0.3, 0.4) is 0 Å². The van der Waals surface area contributed by atoms with E-state index in [9.17, 15) is 4.79 Å². The minimum absolute atomic E-state index is 0.0183. The molecular weight excluding hydrogens is 268 g/mol. The van der Waals surface area contributed by atoms with Crippen molar-refractivity contribution >= 4 is 5.91 Å². The summed E-state index contributed by atoms with van der Waals surface area (Å²) in [4.78, 5) is 18.4. The molecule has 0 bridgehead atoms. The quantitative estimate of drug-likeness (QED) is 0.853. The molecule has 2 aliphatic heterocycles. The number of hydrogen-bond acceptors (Lipinski definition) is 4. The highest BCUT2D eigenvalue weighted by Gasteiger charge is 2.43. The van der Waals surface area contributed by atoms with E-state index in [4.69, 9.17) is 9.47 Å². The van der Waals surface area contributed by atoms with Crippen molar-refractivity contribution in [2.24, 2.45) is 0 Å². The third kappa shape index (κ3) is 3.09. The van der Waals surface area contributed by atoms with Crippen LogP contribution >= 0.6 is 0 Å². The first-order valence-electron chi connectivity index (χ1n) is 7.68. The van der Waals surface area contributed by atoms with Crippen LogP contribution in [0.1, 0.15) is 36.7 Å². The molecule has 5 nitrogen and oxygen atoms in total. The Morgan fingerprint density at radius 1 is 1.48 bits per heavy atom. The lowest BCUT2D eigenvalue weighted by Gasteiger charge is -2.38. The maximum Gasteiger partial charge on any atom is 0.272 e. The van der Waals surface area contributed by atoms with Crippen molar-refractivity contribution in [3.05, 3.63) is 30.1 Å². The molecule has 114 valence electrons. The van der Waals surface area contributed by atoms with E-state index in [2.05, 4.69) is 4.98 Å². The van der Waals surface area contributed by atoms with Crippen molar-refractivity contribution in [2.75, 3.05) is 26.3 Å². The molecule has 0 N–H and O–H groups in total. The molecule has 1 aromatic heterocycles. The molecule has 1 atom stereocenters. The number of ether oxygens (including phenoxy) is 2. The Kier molecular flexibility index (Phi) is 4.22. The third-order valence-corrected chi connectivity index (χ3v) is 4.42. The van der Waals surface area contributed by atoms with Gasteiger partial charge in [0.05, 0.1) is 18.3 Å². The summed E-state index contributed by atoms with van der Waals surface area (Å²) in [5, 5.41) is 0. The van der Waals surface area contributed by atoms with Gasteiger partial charge in [-0.15, -0.1) is 0 Å². The van der Waals surface area contributed by atoms with Crippen LogP contribution in [0.4, 0.5) is 0 Å². The molecule has 2 saturated heterocycles. The average molecular weight is 290 g/mol. The number of aromatic nitrogens is 1. The summed E-state index contributed by atoms with van der Waals surface area (Å²) < 4.78 is 11.7. The van der Waals surface area contributed by atoms with Gasteiger partial charge in [-0.25, -0.2) is 0 Å². The predicted molar refractivity (Wildman–Crippen MR) is 78.1 cm³/mol. The van der Waals surface area contributed by atoms with Crippen LogP contribution in [-0.4, -0.2) is 53.8 Å². The van der Waals surface area contributed by atoms with Gasteiger partial charge in [0.25, 0.3) is 5.91 Å². The van der Waals surface area contributed by atoms with Gasteiger partial charge >= 0.3 is 0 Å². The van der Waals surface area contributed by atoms with Crippen LogP contribution in [-0.2, 0) is 9.47 Å². The van der Waals surface area contributed by atoms with E-state index in [0.717, 1.165) is 39.0 Å². The van der Waals surface area contributed by atoms with Crippen molar-refractivity contribution in [3.63, 3.8) is 0 Å². The molecular formula is C16H22N2O3. The van der Waals surface area contributed by atoms with Gasteiger partial charge in [0.1, 0.15) is 5.69 Å². The second-order valence-electron chi connectivity index (χ2n) is 5.78. The number of hydrogen-bond donors (Lipinski definition) is 0. The largest absolute Gasteiger partial charge is 0.376 e. The number of likely N-dealkylation sites (tertiary alicyclic amines) is 1. The van der Waals surface area contributed by atoms with Gasteiger partial charge < -0.3 is 14.4 Å². The number of amides is 1. The SMILES string of the molecule is CCO[C@H]1COC2(CCN(C(=O)c3ccccn3)CC2)C1. The predicted octanol–water partition coefficient (Wildman–Crippen LogP) is 1.88. The van der Waals surface area contributed by atoms with Gasteiger partial charge in [0, 0.05) is 32.3 Å². The smallest absolute Gasteiger partial charge is 0.272 e. The number of nitrogens with zero attached hydrogens (tertiary/aromatic N) is 2. The van der Waals surface area contributed by atoms with Crippen LogP contribution in [0.2, 0.25) is 0 Å². The van der Waals surface area contributed by atoms with Crippen LogP contribution in [0.5, 0.6) is 0 Å². The highest BCUT2D eigenvalue weighted by Crippen LogP contribution is 2.37. The summed E-state index contributed by atoms with van der Waals surface area (Å²) in [7, 11) is 0. The Labute approximate surface area is 125 Å². The van der Waals surface area contributed by atoms with Crippen LogP contribution in [0, 0.1) is 0 Å². The summed E-state index contributed by atoms with van der Waals surface area (Å²) in [6, 6.07) is 5.44. The molecule has 1 spiro atoms. The first kappa shape index (κ1) is 14.5. The summed E-state index contributed by atoms with van der Waals surface area (Å²) in [6.07, 6.45) is 4.59. The maximum absolute atomic E-state index is 12.4. The van der Waals surface area contributed by atoms with Gasteiger partial charge in [-0.1, -0.05) is 6.07 Å². The van der Waals surface area contributed by atoms with Crippen molar-refractivity contribution in [1.29, 1.82) is 0 Å². The van der Waals surface area contributed by atoms with E-state index >= 15 is 0 Å². The highest BCUT2D eigenvalue weighted by molar-refractivity contribution is 5.92. The van der Waals surface area contributed by atoms with Crippen molar-refractivity contribution in [1.82, 2.24) is 9.88 Å². The molecule has 3 rings (SSSR count). The lowest BCUT2D eigenvalue weighted by Crippen LogP contribution is -2.46. The zero-order valence-corrected chi connectivity index (χ0v) is 12.5. The van der Waals surface area contributed by atoms with E-state index < -0.39 is 0 Å². The standard InChI is InChI=1S/C16H22N2O3/c1-2-20-13-11-16(21-12-13)6-9-18(10-7-16)15(19)14-5-3-4-8-17-14/h3-5,8,13H,2,6-7,9-12H2,1H3/t13-/m1/s1. The van der Waals surface area contributed by atoms with Crippen LogP contribution in [0.15, 0.2) is 24.4 Å². The topological polar surface area (TPSA) is 51.7 Å². The molecule has 0 radical (unpaired) electrons. The van der Waals surface area contributed by atoms with E-state index in [1.807, 2.05) is 24.0 Å². The summed E-state index contributed by atoms with van der Waals surface area (Å²) in [5.41, 5.74) is 0.439. The van der Waals surface area contributed by atoms with Gasteiger partial charge in [-0.2, -0.15) is 0 Å². The monoisotopic (exact) mass is 290 g/mol. The minimum Gasteiger partial charge on any atom is -0.376 e. The van der Waals surface area contributed by atoms with Crippen molar-refractivity contribution in [3.8, 4) is 0 Å². The molecule has 1 aromatic rings. The Morgan fingerprint density at radius 2 is 2.29 bits per heavy atom. The lowest BCUT2D eigenvalue weighted by molar-refractivity contribution is -0.0408. The van der Waals surface area contributed by atoms with E-state index in [1.54, 1.807) is 12.3 Å². The zero-order valence-electron chi connectivity index (χ0n) is 12.5. The summed E-state index contributed by atoms with van der Waals surface area (Å²) >= 11 is 0. The molecule has 0 saturated carbocycles. The molecule has 2 aliphatic rings. The minimum atomic E-state index is -0.0826. The second-order valence-corrected chi connectivity index (χ2v) is 5.78. The Balaban J connectivity index is 1.57. The van der Waals surface area contributed by atoms with Gasteiger partial charge in [0.15, 0.2) is 0 Å². The lowest BCUT2D eigenvalue weighted by atomic mass is 9.88. The summed E-state index contributed by atoms with van der Waals surface area (Å²) in [6.45, 7) is 4.89. The van der Waals surface area contributed by atoms with E-state index in [-0.39, 0.29) is 17.6 Å². The fourth-order valence-corrected chi connectivity index (χ4v) is 3.26. The van der Waals surface area contributed by atoms with Crippen molar-refractivity contribution < 1.29 is 14.3 Å². The van der Waals surface area contributed by atoms with Crippen molar-refractivity contribution in [2.45, 2.75) is 37.9 Å². The van der Waals surface area contributed by atoms with E-state index in [1.165, 1.54) is 0 Å². The number of carbonyl (C=O) groups is 1. The fourth-order valence-electron chi connectivity index (χ4n) is 3.26. The van der Waals surface area contributed by atoms with E-state index in [0.29, 0.717) is 12.3 Å². The van der Waals surface area contributed by atoms with Crippen LogP contribution < -0.4 is 0 Å². The number of rotatable bonds is 3. The molecule has 5 heteroatoms. The first-order chi connectivity index (χ1) is 10.2. The zero-order chi connectivity index (χ0) is 14.7. The Morgan fingerprint density at radius 3 is 2.95 bits per heavy atom. The highest BCUT2D eigenvalue weighted by atomic mass is 16.6. The number of piperidine rings is 1. The molecule has 3 heterocycles. The van der Waals surface area contributed by atoms with Gasteiger partial charge in [-0.3, -0.25) is 9.78 Å². The first-order valence-corrected chi connectivity index (χ1v) is 7.68. The molecule has 0 aliphatic carbocycles. The summed E-state index contributed by atoms with van der Waals surface area (Å²) in [5.74, 6) is 0.0183. The maximum atomic E-state index is 12.4.